The number of fused-ring (bicyclic) bond motifs is 3. The maximum atomic E-state index is 13.3. The highest BCUT2D eigenvalue weighted by molar-refractivity contribution is 5.98. The van der Waals surface area contributed by atoms with Crippen molar-refractivity contribution in [2.24, 2.45) is 7.05 Å². The quantitative estimate of drug-likeness (QED) is 0.431. The van der Waals surface area contributed by atoms with Crippen molar-refractivity contribution in [1.82, 2.24) is 24.1 Å². The summed E-state index contributed by atoms with van der Waals surface area (Å²) in [6, 6.07) is 12.3. The fraction of sp³-hybridized carbons (Fsp3) is 0.346. The number of aromatic nitrogens is 4. The molecule has 0 bridgehead atoms. The van der Waals surface area contributed by atoms with Crippen LogP contribution in [0.2, 0.25) is 0 Å². The number of hydrogen-bond acceptors (Lipinski definition) is 5. The van der Waals surface area contributed by atoms with E-state index in [2.05, 4.69) is 15.7 Å². The number of nitrogens with one attached hydrogen (secondary N) is 2. The Balaban J connectivity index is 1.51. The van der Waals surface area contributed by atoms with E-state index in [1.54, 1.807) is 18.2 Å². The van der Waals surface area contributed by atoms with E-state index in [0.29, 0.717) is 11.3 Å². The van der Waals surface area contributed by atoms with E-state index in [0.717, 1.165) is 42.3 Å². The molecule has 1 fully saturated rings. The van der Waals surface area contributed by atoms with Gasteiger partial charge in [-0.25, -0.2) is 13.9 Å². The molecule has 0 radical (unpaired) electrons. The summed E-state index contributed by atoms with van der Waals surface area (Å²) in [5.74, 6) is -0.571. The SMILES string of the molecule is CCc1cccc(NC(=O)Cn2nc3n(C)c(=O)c4ccc(C(=O)NC5CCCC5)cc4n3c2=O)c1. The van der Waals surface area contributed by atoms with E-state index in [4.69, 9.17) is 0 Å². The number of carbonyl (C=O) groups excluding carboxylic acids is 2. The van der Waals surface area contributed by atoms with Crippen molar-refractivity contribution in [2.75, 3.05) is 5.32 Å². The van der Waals surface area contributed by atoms with Gasteiger partial charge in [0.1, 0.15) is 6.54 Å². The summed E-state index contributed by atoms with van der Waals surface area (Å²) in [6.07, 6.45) is 4.90. The van der Waals surface area contributed by atoms with Crippen LogP contribution in [0.5, 0.6) is 0 Å². The summed E-state index contributed by atoms with van der Waals surface area (Å²) < 4.78 is 3.56. The van der Waals surface area contributed by atoms with Gasteiger partial charge in [0.15, 0.2) is 0 Å². The molecule has 0 saturated heterocycles. The number of nitrogens with zero attached hydrogens (tertiary/aromatic N) is 4. The monoisotopic (exact) mass is 488 g/mol. The Labute approximate surface area is 206 Å². The summed E-state index contributed by atoms with van der Waals surface area (Å²) in [5, 5.41) is 10.4. The summed E-state index contributed by atoms with van der Waals surface area (Å²) in [5.41, 5.74) is 1.42. The predicted octanol–water partition coefficient (Wildman–Crippen LogP) is 2.22. The van der Waals surface area contributed by atoms with E-state index >= 15 is 0 Å². The second-order valence-corrected chi connectivity index (χ2v) is 9.23. The van der Waals surface area contributed by atoms with Crippen LogP contribution in [-0.2, 0) is 24.8 Å². The molecule has 186 valence electrons. The first-order chi connectivity index (χ1) is 17.4. The molecule has 5 rings (SSSR count). The lowest BCUT2D eigenvalue weighted by molar-refractivity contribution is -0.117. The standard InChI is InChI=1S/C26H28N6O4/c1-3-16-7-6-10-19(13-16)27-22(33)15-31-26(36)32-21-14-17(23(34)28-18-8-4-5-9-18)11-12-20(21)24(35)30(2)25(32)29-31/h6-7,10-14,18H,3-5,8-9,15H2,1-2H3,(H,27,33)(H,28,34). The lowest BCUT2D eigenvalue weighted by Crippen LogP contribution is -2.32. The normalized spacial score (nSPS) is 13.9. The third-order valence-electron chi connectivity index (χ3n) is 6.76. The van der Waals surface area contributed by atoms with Gasteiger partial charge >= 0.3 is 5.69 Å². The van der Waals surface area contributed by atoms with E-state index in [1.807, 2.05) is 25.1 Å². The van der Waals surface area contributed by atoms with E-state index in [9.17, 15) is 19.2 Å². The highest BCUT2D eigenvalue weighted by Gasteiger charge is 2.21. The van der Waals surface area contributed by atoms with E-state index < -0.39 is 11.6 Å². The molecule has 0 unspecified atom stereocenters. The Morgan fingerprint density at radius 2 is 1.86 bits per heavy atom. The van der Waals surface area contributed by atoms with E-state index in [-0.39, 0.29) is 40.7 Å². The molecule has 1 aliphatic rings. The maximum absolute atomic E-state index is 13.3. The number of rotatable bonds is 6. The largest absolute Gasteiger partial charge is 0.352 e. The number of benzene rings is 2. The fourth-order valence-electron chi connectivity index (χ4n) is 4.78. The molecule has 36 heavy (non-hydrogen) atoms. The van der Waals surface area contributed by atoms with E-state index in [1.165, 1.54) is 22.1 Å². The molecule has 4 aromatic rings. The average molecular weight is 489 g/mol. The van der Waals surface area contributed by atoms with Gasteiger partial charge in [0.05, 0.1) is 10.9 Å². The molecule has 2 heterocycles. The van der Waals surface area contributed by atoms with Crippen LogP contribution >= 0.6 is 0 Å². The van der Waals surface area contributed by atoms with Crippen LogP contribution in [0.25, 0.3) is 16.7 Å². The summed E-state index contributed by atoms with van der Waals surface area (Å²) in [4.78, 5) is 51.8. The molecule has 0 atom stereocenters. The fourth-order valence-corrected chi connectivity index (χ4v) is 4.78. The van der Waals surface area contributed by atoms with Crippen LogP contribution in [0.1, 0.15) is 48.5 Å². The van der Waals surface area contributed by atoms with Gasteiger partial charge in [-0.05, 0) is 55.2 Å². The van der Waals surface area contributed by atoms with Crippen LogP contribution in [0.4, 0.5) is 5.69 Å². The summed E-state index contributed by atoms with van der Waals surface area (Å²) in [6.45, 7) is 1.70. The molecule has 0 aliphatic heterocycles. The van der Waals surface area contributed by atoms with Crippen LogP contribution < -0.4 is 21.9 Å². The molecule has 10 nitrogen and oxygen atoms in total. The zero-order chi connectivity index (χ0) is 25.4. The van der Waals surface area contributed by atoms with Crippen molar-refractivity contribution < 1.29 is 9.59 Å². The number of carbonyl (C=O) groups is 2. The smallest absolute Gasteiger partial charge is 0.349 e. The molecule has 1 saturated carbocycles. The topological polar surface area (TPSA) is 120 Å². The van der Waals surface area contributed by atoms with Gasteiger partial charge in [0.25, 0.3) is 11.5 Å². The minimum Gasteiger partial charge on any atom is -0.349 e. The third kappa shape index (κ3) is 4.30. The first kappa shape index (κ1) is 23.5. The van der Waals surface area contributed by atoms with Gasteiger partial charge < -0.3 is 10.6 Å². The van der Waals surface area contributed by atoms with Gasteiger partial charge in [-0.2, -0.15) is 0 Å². The number of amides is 2. The highest BCUT2D eigenvalue weighted by Crippen LogP contribution is 2.19. The lowest BCUT2D eigenvalue weighted by Gasteiger charge is -2.12. The summed E-state index contributed by atoms with van der Waals surface area (Å²) in [7, 11) is 1.52. The molecule has 2 amide bonds. The molecule has 1 aliphatic carbocycles. The van der Waals surface area contributed by atoms with Crippen LogP contribution in [0.3, 0.4) is 0 Å². The Bertz CT molecular complexity index is 1610. The zero-order valence-electron chi connectivity index (χ0n) is 20.3. The molecule has 2 aromatic carbocycles. The molecule has 2 N–H and O–H groups in total. The molecular weight excluding hydrogens is 460 g/mol. The van der Waals surface area contributed by atoms with Crippen molar-refractivity contribution >= 4 is 34.2 Å². The van der Waals surface area contributed by atoms with Gasteiger partial charge in [-0.3, -0.25) is 19.0 Å². The maximum Gasteiger partial charge on any atom is 0.352 e. The van der Waals surface area contributed by atoms with Crippen molar-refractivity contribution in [3.05, 3.63) is 74.4 Å². The van der Waals surface area contributed by atoms with Crippen LogP contribution in [0.15, 0.2) is 52.1 Å². The third-order valence-corrected chi connectivity index (χ3v) is 6.76. The minimum absolute atomic E-state index is 0.0895. The van der Waals surface area contributed by atoms with Crippen LogP contribution in [0, 0.1) is 0 Å². The van der Waals surface area contributed by atoms with Gasteiger partial charge in [0.2, 0.25) is 11.7 Å². The molecular formula is C26H28N6O4. The second kappa shape index (κ2) is 9.44. The Morgan fingerprint density at radius 3 is 2.61 bits per heavy atom. The molecule has 10 heteroatoms. The van der Waals surface area contributed by atoms with Crippen molar-refractivity contribution in [3.63, 3.8) is 0 Å². The Hall–Kier alpha value is -4.21. The predicted molar refractivity (Wildman–Crippen MR) is 136 cm³/mol. The zero-order valence-corrected chi connectivity index (χ0v) is 20.3. The number of anilines is 1. The first-order valence-electron chi connectivity index (χ1n) is 12.2. The molecule has 2 aromatic heterocycles. The summed E-state index contributed by atoms with van der Waals surface area (Å²) >= 11 is 0. The van der Waals surface area contributed by atoms with Gasteiger partial charge in [0, 0.05) is 24.3 Å². The van der Waals surface area contributed by atoms with Crippen LogP contribution in [-0.4, -0.2) is 36.6 Å². The van der Waals surface area contributed by atoms with Crippen molar-refractivity contribution in [1.29, 1.82) is 0 Å². The van der Waals surface area contributed by atoms with Crippen molar-refractivity contribution in [3.8, 4) is 0 Å². The average Bonchev–Trinajstić information content (AvgIpc) is 3.50. The minimum atomic E-state index is -0.573. The number of hydrogen-bond donors (Lipinski definition) is 2. The number of aryl methyl sites for hydroxylation is 2. The Morgan fingerprint density at radius 1 is 1.08 bits per heavy atom. The van der Waals surface area contributed by atoms with Crippen molar-refractivity contribution in [2.45, 2.75) is 51.6 Å². The Kier molecular flexibility index (Phi) is 6.17. The van der Waals surface area contributed by atoms with Gasteiger partial charge in [-0.15, -0.1) is 5.10 Å². The van der Waals surface area contributed by atoms with Gasteiger partial charge in [-0.1, -0.05) is 31.9 Å². The second-order valence-electron chi connectivity index (χ2n) is 9.23. The highest BCUT2D eigenvalue weighted by atomic mass is 16.2. The first-order valence-corrected chi connectivity index (χ1v) is 12.2. The molecule has 0 spiro atoms. The lowest BCUT2D eigenvalue weighted by atomic mass is 10.1.